The van der Waals surface area contributed by atoms with Crippen LogP contribution in [0.15, 0.2) is 36.4 Å². The molecular weight excluding hydrogens is 304 g/mol. The molecular formula is C19H16N2O3. The third kappa shape index (κ3) is 3.55. The number of nitriles is 1. The minimum Gasteiger partial charge on any atom is -0.468 e. The van der Waals surface area contributed by atoms with E-state index in [2.05, 4.69) is 10.9 Å². The number of epoxide rings is 1. The minimum absolute atomic E-state index is 0.176. The van der Waals surface area contributed by atoms with Crippen molar-refractivity contribution < 1.29 is 14.2 Å². The van der Waals surface area contributed by atoms with Crippen LogP contribution in [0.25, 0.3) is 16.0 Å². The van der Waals surface area contributed by atoms with E-state index in [0.717, 1.165) is 23.3 Å². The van der Waals surface area contributed by atoms with Crippen LogP contribution in [0.5, 0.6) is 5.75 Å². The Morgan fingerprint density at radius 3 is 2.67 bits per heavy atom. The van der Waals surface area contributed by atoms with Crippen molar-refractivity contribution in [2.45, 2.75) is 13.0 Å². The number of hydrogen-bond donors (Lipinski definition) is 0. The Balaban J connectivity index is 1.73. The van der Waals surface area contributed by atoms with Gasteiger partial charge in [-0.15, -0.1) is 0 Å². The lowest BCUT2D eigenvalue weighted by Crippen LogP contribution is -2.07. The lowest BCUT2D eigenvalue weighted by Gasteiger charge is -2.10. The van der Waals surface area contributed by atoms with Gasteiger partial charge in [-0.25, -0.2) is 4.85 Å². The molecule has 2 aromatic rings. The van der Waals surface area contributed by atoms with Gasteiger partial charge in [0.05, 0.1) is 31.4 Å². The average molecular weight is 320 g/mol. The molecule has 0 spiro atoms. The number of ether oxygens (including phenoxy) is 3. The van der Waals surface area contributed by atoms with E-state index < -0.39 is 0 Å². The van der Waals surface area contributed by atoms with Crippen LogP contribution in [0.1, 0.15) is 11.1 Å². The van der Waals surface area contributed by atoms with Gasteiger partial charge in [-0.2, -0.15) is 5.26 Å². The predicted molar refractivity (Wildman–Crippen MR) is 88.8 cm³/mol. The molecule has 0 N–H and O–H groups in total. The van der Waals surface area contributed by atoms with Crippen LogP contribution >= 0.6 is 0 Å². The zero-order chi connectivity index (χ0) is 16.9. The van der Waals surface area contributed by atoms with Gasteiger partial charge in [0.25, 0.3) is 0 Å². The normalized spacial score (nSPS) is 15.4. The van der Waals surface area contributed by atoms with Crippen LogP contribution < -0.4 is 4.74 Å². The van der Waals surface area contributed by atoms with E-state index in [1.807, 2.05) is 43.3 Å². The summed E-state index contributed by atoms with van der Waals surface area (Å²) in [7, 11) is 0. The number of nitrogens with zero attached hydrogens (tertiary/aromatic N) is 2. The molecule has 2 aromatic carbocycles. The standard InChI is InChI=1S/C19H16N2O3/c1-13-3-8-17(19(21-2)18(13)9-20)14-4-6-15(7-5-14)24-12-22-10-16-11-23-16/h3-8,16H,10-12H2,1H3. The molecule has 3 rings (SSSR count). The van der Waals surface area contributed by atoms with Crippen LogP contribution in [-0.4, -0.2) is 26.1 Å². The minimum atomic E-state index is 0.176. The Morgan fingerprint density at radius 1 is 1.29 bits per heavy atom. The SMILES string of the molecule is [C-]#[N+]c1c(-c2ccc(OCOCC3CO3)cc2)ccc(C)c1C#N. The fraction of sp³-hybridized carbons (Fsp3) is 0.263. The van der Waals surface area contributed by atoms with Gasteiger partial charge in [-0.1, -0.05) is 24.3 Å². The Labute approximate surface area is 140 Å². The predicted octanol–water partition coefficient (Wildman–Crippen LogP) is 3.84. The summed E-state index contributed by atoms with van der Waals surface area (Å²) in [6.07, 6.45) is 0.221. The molecule has 5 heteroatoms. The maximum absolute atomic E-state index is 9.27. The highest BCUT2D eigenvalue weighted by atomic mass is 16.7. The molecule has 24 heavy (non-hydrogen) atoms. The third-order valence-electron chi connectivity index (χ3n) is 3.79. The zero-order valence-electron chi connectivity index (χ0n) is 13.3. The van der Waals surface area contributed by atoms with Crippen LogP contribution in [0.2, 0.25) is 0 Å². The molecule has 1 aliphatic rings. The number of hydrogen-bond acceptors (Lipinski definition) is 4. The highest BCUT2D eigenvalue weighted by molar-refractivity contribution is 5.83. The smallest absolute Gasteiger partial charge is 0.212 e. The van der Waals surface area contributed by atoms with Gasteiger partial charge in [0.15, 0.2) is 6.79 Å². The molecule has 0 saturated carbocycles. The summed E-state index contributed by atoms with van der Waals surface area (Å²) < 4.78 is 15.9. The summed E-state index contributed by atoms with van der Waals surface area (Å²) in [5, 5.41) is 9.27. The summed E-state index contributed by atoms with van der Waals surface area (Å²) in [5.74, 6) is 0.687. The van der Waals surface area contributed by atoms with E-state index in [1.54, 1.807) is 0 Å². The van der Waals surface area contributed by atoms with E-state index in [9.17, 15) is 5.26 Å². The maximum atomic E-state index is 9.27. The molecule has 1 aliphatic heterocycles. The van der Waals surface area contributed by atoms with E-state index in [1.165, 1.54) is 0 Å². The Hall–Kier alpha value is -2.86. The number of aryl methyl sites for hydroxylation is 1. The summed E-state index contributed by atoms with van der Waals surface area (Å²) in [6, 6.07) is 13.3. The first-order valence-corrected chi connectivity index (χ1v) is 7.56. The molecule has 120 valence electrons. The van der Waals surface area contributed by atoms with Crippen molar-refractivity contribution in [2.24, 2.45) is 0 Å². The van der Waals surface area contributed by atoms with Crippen molar-refractivity contribution in [3.05, 3.63) is 58.9 Å². The van der Waals surface area contributed by atoms with Crippen molar-refractivity contribution >= 4 is 5.69 Å². The molecule has 1 fully saturated rings. The van der Waals surface area contributed by atoms with E-state index >= 15 is 0 Å². The maximum Gasteiger partial charge on any atom is 0.212 e. The number of benzene rings is 2. The molecule has 0 aromatic heterocycles. The lowest BCUT2D eigenvalue weighted by molar-refractivity contribution is 0.00822. The van der Waals surface area contributed by atoms with Gasteiger partial charge in [0, 0.05) is 0 Å². The van der Waals surface area contributed by atoms with Crippen molar-refractivity contribution in [2.75, 3.05) is 20.0 Å². The molecule has 5 nitrogen and oxygen atoms in total. The van der Waals surface area contributed by atoms with E-state index in [-0.39, 0.29) is 12.9 Å². The van der Waals surface area contributed by atoms with Crippen LogP contribution in [0.4, 0.5) is 5.69 Å². The molecule has 1 atom stereocenters. The molecule has 1 heterocycles. The molecule has 0 aliphatic carbocycles. The first-order chi connectivity index (χ1) is 11.7. The lowest BCUT2D eigenvalue weighted by atomic mass is 9.97. The molecule has 0 amide bonds. The third-order valence-corrected chi connectivity index (χ3v) is 3.79. The van der Waals surface area contributed by atoms with Gasteiger partial charge in [-0.3, -0.25) is 0 Å². The highest BCUT2D eigenvalue weighted by Gasteiger charge is 2.22. The largest absolute Gasteiger partial charge is 0.468 e. The molecule has 0 radical (unpaired) electrons. The number of rotatable bonds is 6. The van der Waals surface area contributed by atoms with Gasteiger partial charge >= 0.3 is 0 Å². The van der Waals surface area contributed by atoms with Gasteiger partial charge in [0.2, 0.25) is 5.69 Å². The summed E-state index contributed by atoms with van der Waals surface area (Å²) in [4.78, 5) is 3.55. The van der Waals surface area contributed by atoms with Crippen molar-refractivity contribution in [1.29, 1.82) is 5.26 Å². The van der Waals surface area contributed by atoms with E-state index in [4.69, 9.17) is 20.8 Å². The second-order valence-electron chi connectivity index (χ2n) is 5.49. The summed E-state index contributed by atoms with van der Waals surface area (Å²) >= 11 is 0. The van der Waals surface area contributed by atoms with Crippen molar-refractivity contribution in [1.82, 2.24) is 0 Å². The van der Waals surface area contributed by atoms with Gasteiger partial charge < -0.3 is 14.2 Å². The highest BCUT2D eigenvalue weighted by Crippen LogP contribution is 2.35. The van der Waals surface area contributed by atoms with Crippen LogP contribution in [-0.2, 0) is 9.47 Å². The quantitative estimate of drug-likeness (QED) is 0.351. The van der Waals surface area contributed by atoms with Gasteiger partial charge in [-0.05, 0) is 35.7 Å². The monoisotopic (exact) mass is 320 g/mol. The van der Waals surface area contributed by atoms with Crippen LogP contribution in [0.3, 0.4) is 0 Å². The first kappa shape index (κ1) is 16.0. The molecule has 1 unspecified atom stereocenters. The fourth-order valence-corrected chi connectivity index (χ4v) is 2.37. The Bertz CT molecular complexity index is 812. The summed E-state index contributed by atoms with van der Waals surface area (Å²) in [6.45, 7) is 10.7. The average Bonchev–Trinajstić information content (AvgIpc) is 3.43. The second kappa shape index (κ2) is 7.14. The second-order valence-corrected chi connectivity index (χ2v) is 5.49. The summed E-state index contributed by atoms with van der Waals surface area (Å²) in [5.41, 5.74) is 3.25. The van der Waals surface area contributed by atoms with Crippen molar-refractivity contribution in [3.63, 3.8) is 0 Å². The first-order valence-electron chi connectivity index (χ1n) is 7.56. The fourth-order valence-electron chi connectivity index (χ4n) is 2.37. The Kier molecular flexibility index (Phi) is 4.77. The molecule has 1 saturated heterocycles. The van der Waals surface area contributed by atoms with Crippen molar-refractivity contribution in [3.8, 4) is 22.9 Å². The van der Waals surface area contributed by atoms with Crippen LogP contribution in [0, 0.1) is 24.8 Å². The van der Waals surface area contributed by atoms with E-state index in [0.29, 0.717) is 23.6 Å². The zero-order valence-corrected chi connectivity index (χ0v) is 13.3. The molecule has 0 bridgehead atoms. The van der Waals surface area contributed by atoms with Gasteiger partial charge in [0.1, 0.15) is 11.9 Å². The topological polar surface area (TPSA) is 59.1 Å². The Morgan fingerprint density at radius 2 is 2.04 bits per heavy atom.